The second-order valence-corrected chi connectivity index (χ2v) is 10.4. The third kappa shape index (κ3) is 4.51. The fourth-order valence-corrected chi connectivity index (χ4v) is 6.38. The summed E-state index contributed by atoms with van der Waals surface area (Å²) in [6.45, 7) is 3.74. The Morgan fingerprint density at radius 2 is 1.91 bits per heavy atom. The summed E-state index contributed by atoms with van der Waals surface area (Å²) >= 11 is -1.90. The van der Waals surface area contributed by atoms with Crippen LogP contribution in [0.15, 0.2) is 47.4 Å². The van der Waals surface area contributed by atoms with Gasteiger partial charge in [0, 0.05) is 12.0 Å². The molecule has 1 saturated heterocycles. The van der Waals surface area contributed by atoms with Crippen LogP contribution in [0.1, 0.15) is 41.9 Å². The lowest BCUT2D eigenvalue weighted by atomic mass is 9.98. The van der Waals surface area contributed by atoms with Gasteiger partial charge in [-0.2, -0.15) is 17.5 Å². The summed E-state index contributed by atoms with van der Waals surface area (Å²) < 4.78 is 54.9. The molecular weight excluding hydrogens is 435 g/mol. The van der Waals surface area contributed by atoms with Crippen molar-refractivity contribution in [3.8, 4) is 0 Å². The summed E-state index contributed by atoms with van der Waals surface area (Å²) in [6, 6.07) is 11.8. The van der Waals surface area contributed by atoms with Gasteiger partial charge in [-0.25, -0.2) is 0 Å². The minimum atomic E-state index is -4.53. The van der Waals surface area contributed by atoms with E-state index in [-0.39, 0.29) is 4.90 Å². The van der Waals surface area contributed by atoms with E-state index < -0.39 is 23.1 Å². The van der Waals surface area contributed by atoms with Crippen molar-refractivity contribution in [2.45, 2.75) is 48.7 Å². The number of halogens is 3. The monoisotopic (exact) mass is 463 g/mol. The van der Waals surface area contributed by atoms with Crippen LogP contribution in [0.2, 0.25) is 0 Å². The fourth-order valence-electron chi connectivity index (χ4n) is 4.96. The molecule has 2 fully saturated rings. The standard InChI is InChI=1S/C24H28F3N3OS/c25-24(26,27)20-3-1-2-4-23(20)32(31)30-12-9-18-13-17(5-6-22(18)30)19-14-21(19)29-15-16-7-10-28-11-8-16/h1-6,13,16,19,21,28-29H,7-12,14-15H2. The Labute approximate surface area is 189 Å². The van der Waals surface area contributed by atoms with Gasteiger partial charge in [0.1, 0.15) is 16.9 Å². The minimum Gasteiger partial charge on any atom is -0.588 e. The zero-order valence-corrected chi connectivity index (χ0v) is 18.6. The Balaban J connectivity index is 1.26. The van der Waals surface area contributed by atoms with Crippen LogP contribution in [0.4, 0.5) is 18.9 Å². The summed E-state index contributed by atoms with van der Waals surface area (Å²) in [7, 11) is 0. The number of hydrogen-bond donors (Lipinski definition) is 2. The molecule has 2 aromatic rings. The second-order valence-electron chi connectivity index (χ2n) is 9.03. The van der Waals surface area contributed by atoms with Crippen LogP contribution in [0.25, 0.3) is 0 Å². The molecule has 2 N–H and O–H groups in total. The first-order valence-electron chi connectivity index (χ1n) is 11.3. The zero-order valence-electron chi connectivity index (χ0n) is 17.8. The van der Waals surface area contributed by atoms with E-state index in [1.54, 1.807) is 4.31 Å². The van der Waals surface area contributed by atoms with Crippen molar-refractivity contribution in [3.63, 3.8) is 0 Å². The molecule has 0 aromatic heterocycles. The fraction of sp³-hybridized carbons (Fsp3) is 0.500. The van der Waals surface area contributed by atoms with E-state index in [9.17, 15) is 17.7 Å². The lowest BCUT2D eigenvalue weighted by Gasteiger charge is -2.24. The van der Waals surface area contributed by atoms with E-state index in [0.717, 1.165) is 49.3 Å². The van der Waals surface area contributed by atoms with Crippen molar-refractivity contribution in [2.75, 3.05) is 30.5 Å². The number of fused-ring (bicyclic) bond motifs is 1. The maximum atomic E-state index is 13.4. The molecule has 5 rings (SSSR count). The summed E-state index contributed by atoms with van der Waals surface area (Å²) in [5.41, 5.74) is 2.30. The highest BCUT2D eigenvalue weighted by Gasteiger charge is 2.42. The largest absolute Gasteiger partial charge is 0.588 e. The van der Waals surface area contributed by atoms with Gasteiger partial charge in [0.25, 0.3) is 0 Å². The third-order valence-corrected chi connectivity index (χ3v) is 8.40. The zero-order chi connectivity index (χ0) is 22.3. The van der Waals surface area contributed by atoms with Crippen molar-refractivity contribution in [1.29, 1.82) is 0 Å². The highest BCUT2D eigenvalue weighted by Crippen LogP contribution is 2.44. The molecule has 3 aliphatic rings. The molecule has 0 bridgehead atoms. The Hall–Kier alpha value is -1.74. The number of nitrogens with zero attached hydrogens (tertiary/aromatic N) is 1. The quantitative estimate of drug-likeness (QED) is 0.630. The molecule has 8 heteroatoms. The molecule has 0 spiro atoms. The highest BCUT2D eigenvalue weighted by atomic mass is 32.2. The molecule has 172 valence electrons. The van der Waals surface area contributed by atoms with Gasteiger partial charge in [-0.15, -0.1) is 0 Å². The van der Waals surface area contributed by atoms with E-state index >= 15 is 0 Å². The van der Waals surface area contributed by atoms with Crippen LogP contribution < -0.4 is 14.9 Å². The highest BCUT2D eigenvalue weighted by molar-refractivity contribution is 7.92. The van der Waals surface area contributed by atoms with Gasteiger partial charge in [0.05, 0.1) is 12.2 Å². The summed E-state index contributed by atoms with van der Waals surface area (Å²) in [4.78, 5) is -0.179. The van der Waals surface area contributed by atoms with Crippen LogP contribution in [0.5, 0.6) is 0 Å². The van der Waals surface area contributed by atoms with Crippen LogP contribution >= 0.6 is 0 Å². The molecule has 3 atom stereocenters. The van der Waals surface area contributed by atoms with Crippen LogP contribution in [0, 0.1) is 5.92 Å². The molecule has 4 nitrogen and oxygen atoms in total. The van der Waals surface area contributed by atoms with Gasteiger partial charge in [0.15, 0.2) is 4.90 Å². The van der Waals surface area contributed by atoms with Gasteiger partial charge in [-0.3, -0.25) is 0 Å². The predicted octanol–water partition coefficient (Wildman–Crippen LogP) is 4.24. The second kappa shape index (κ2) is 8.89. The Morgan fingerprint density at radius 1 is 1.12 bits per heavy atom. The number of anilines is 1. The third-order valence-electron chi connectivity index (χ3n) is 6.88. The molecule has 3 unspecified atom stereocenters. The first kappa shape index (κ1) is 22.1. The Kier molecular flexibility index (Phi) is 6.13. The first-order chi connectivity index (χ1) is 15.4. The number of nitrogens with one attached hydrogen (secondary N) is 2. The van der Waals surface area contributed by atoms with Gasteiger partial charge < -0.3 is 15.2 Å². The average molecular weight is 464 g/mol. The summed E-state index contributed by atoms with van der Waals surface area (Å²) in [6.07, 6.45) is -0.247. The molecule has 32 heavy (non-hydrogen) atoms. The number of piperidine rings is 1. The lowest BCUT2D eigenvalue weighted by Crippen LogP contribution is -2.34. The van der Waals surface area contributed by atoms with Gasteiger partial charge >= 0.3 is 6.18 Å². The van der Waals surface area contributed by atoms with E-state index in [2.05, 4.69) is 22.8 Å². The van der Waals surface area contributed by atoms with Crippen molar-refractivity contribution < 1.29 is 17.7 Å². The first-order valence-corrected chi connectivity index (χ1v) is 12.4. The van der Waals surface area contributed by atoms with Crippen molar-refractivity contribution in [1.82, 2.24) is 10.6 Å². The number of alkyl halides is 3. The number of benzene rings is 2. The molecule has 0 radical (unpaired) electrons. The van der Waals surface area contributed by atoms with E-state index in [1.807, 2.05) is 6.07 Å². The Bertz CT molecular complexity index is 964. The smallest absolute Gasteiger partial charge is 0.421 e. The average Bonchev–Trinajstić information content (AvgIpc) is 3.46. The normalized spacial score (nSPS) is 24.4. The Morgan fingerprint density at radius 3 is 2.69 bits per heavy atom. The van der Waals surface area contributed by atoms with E-state index in [4.69, 9.17) is 0 Å². The van der Waals surface area contributed by atoms with Crippen molar-refractivity contribution in [2.24, 2.45) is 5.92 Å². The minimum absolute atomic E-state index is 0.179. The predicted molar refractivity (Wildman–Crippen MR) is 120 cm³/mol. The van der Waals surface area contributed by atoms with Crippen molar-refractivity contribution in [3.05, 3.63) is 59.2 Å². The van der Waals surface area contributed by atoms with E-state index in [0.29, 0.717) is 24.9 Å². The number of rotatable bonds is 6. The molecule has 2 heterocycles. The van der Waals surface area contributed by atoms with Crippen LogP contribution in [0.3, 0.4) is 0 Å². The van der Waals surface area contributed by atoms with Gasteiger partial charge in [0.2, 0.25) is 0 Å². The summed E-state index contributed by atoms with van der Waals surface area (Å²) in [5, 5.41) is 7.12. The van der Waals surface area contributed by atoms with Crippen LogP contribution in [-0.4, -0.2) is 36.8 Å². The van der Waals surface area contributed by atoms with Gasteiger partial charge in [-0.05, 0) is 80.6 Å². The maximum Gasteiger partial charge on any atom is 0.421 e. The molecule has 2 aromatic carbocycles. The lowest BCUT2D eigenvalue weighted by molar-refractivity contribution is -0.139. The molecule has 2 aliphatic heterocycles. The number of hydrogen-bond acceptors (Lipinski definition) is 4. The maximum absolute atomic E-state index is 13.4. The van der Waals surface area contributed by atoms with Gasteiger partial charge in [-0.1, -0.05) is 24.3 Å². The molecular formula is C24H28F3N3OS. The summed E-state index contributed by atoms with van der Waals surface area (Å²) in [5.74, 6) is 1.24. The van der Waals surface area contributed by atoms with E-state index in [1.165, 1.54) is 36.6 Å². The van der Waals surface area contributed by atoms with Crippen molar-refractivity contribution >= 4 is 17.0 Å². The topological polar surface area (TPSA) is 50.4 Å². The van der Waals surface area contributed by atoms with Crippen LogP contribution in [-0.2, 0) is 24.0 Å². The SMILES string of the molecule is [O-][S+](c1ccccc1C(F)(F)F)N1CCc2cc(C3CC3NCC3CCNCC3)ccc21. The molecule has 0 amide bonds. The molecule has 1 saturated carbocycles. The molecule has 1 aliphatic carbocycles.